The van der Waals surface area contributed by atoms with Crippen molar-refractivity contribution in [1.29, 1.82) is 0 Å². The van der Waals surface area contributed by atoms with E-state index in [0.29, 0.717) is 5.56 Å². The monoisotopic (exact) mass is 327 g/mol. The number of aryl methyl sites for hydroxylation is 1. The second-order valence-electron chi connectivity index (χ2n) is 5.64. The SMILES string of the molecule is Cc1cc(/C(=C/C(=O)NCCS(C)(=O)=O)C(C)C)ccc1F. The third-order valence-electron chi connectivity index (χ3n) is 3.17. The van der Waals surface area contributed by atoms with E-state index in [9.17, 15) is 17.6 Å². The lowest BCUT2D eigenvalue weighted by atomic mass is 9.93. The molecule has 0 spiro atoms. The molecule has 0 heterocycles. The molecule has 0 aliphatic rings. The molecule has 0 saturated heterocycles. The van der Waals surface area contributed by atoms with Crippen LogP contribution in [0.25, 0.3) is 5.57 Å². The first-order valence-electron chi connectivity index (χ1n) is 7.04. The summed E-state index contributed by atoms with van der Waals surface area (Å²) in [4.78, 5) is 11.9. The van der Waals surface area contributed by atoms with E-state index in [1.807, 2.05) is 13.8 Å². The van der Waals surface area contributed by atoms with Crippen molar-refractivity contribution in [2.75, 3.05) is 18.6 Å². The van der Waals surface area contributed by atoms with Gasteiger partial charge in [0.05, 0.1) is 5.75 Å². The normalized spacial score (nSPS) is 12.5. The van der Waals surface area contributed by atoms with Crippen LogP contribution in [-0.2, 0) is 14.6 Å². The summed E-state index contributed by atoms with van der Waals surface area (Å²) in [5.74, 6) is -0.663. The van der Waals surface area contributed by atoms with E-state index in [1.54, 1.807) is 19.1 Å². The Bertz CT molecular complexity index is 679. The van der Waals surface area contributed by atoms with Crippen molar-refractivity contribution in [1.82, 2.24) is 5.32 Å². The number of halogens is 1. The van der Waals surface area contributed by atoms with Crippen LogP contribution >= 0.6 is 0 Å². The number of benzene rings is 1. The summed E-state index contributed by atoms with van der Waals surface area (Å²) in [5, 5.41) is 2.55. The topological polar surface area (TPSA) is 63.2 Å². The van der Waals surface area contributed by atoms with Gasteiger partial charge in [0.2, 0.25) is 5.91 Å². The average molecular weight is 327 g/mol. The lowest BCUT2D eigenvalue weighted by Gasteiger charge is -2.13. The van der Waals surface area contributed by atoms with Gasteiger partial charge in [-0.15, -0.1) is 0 Å². The Morgan fingerprint density at radius 1 is 1.36 bits per heavy atom. The molecule has 1 rings (SSSR count). The maximum atomic E-state index is 13.3. The van der Waals surface area contributed by atoms with Crippen molar-refractivity contribution in [3.63, 3.8) is 0 Å². The number of hydrogen-bond acceptors (Lipinski definition) is 3. The zero-order valence-corrected chi connectivity index (χ0v) is 14.1. The number of nitrogens with one attached hydrogen (secondary N) is 1. The maximum Gasteiger partial charge on any atom is 0.244 e. The van der Waals surface area contributed by atoms with Gasteiger partial charge in [-0.05, 0) is 41.7 Å². The van der Waals surface area contributed by atoms with Gasteiger partial charge < -0.3 is 5.32 Å². The summed E-state index contributed by atoms with van der Waals surface area (Å²) in [5.41, 5.74) is 2.08. The van der Waals surface area contributed by atoms with Gasteiger partial charge in [0.15, 0.2) is 0 Å². The summed E-state index contributed by atoms with van der Waals surface area (Å²) in [7, 11) is -3.10. The number of carbonyl (C=O) groups excluding carboxylic acids is 1. The first kappa shape index (κ1) is 18.4. The second-order valence-corrected chi connectivity index (χ2v) is 7.90. The first-order chi connectivity index (χ1) is 10.1. The van der Waals surface area contributed by atoms with E-state index in [1.165, 1.54) is 12.1 Å². The summed E-state index contributed by atoms with van der Waals surface area (Å²) in [6.45, 7) is 5.62. The number of amides is 1. The fraction of sp³-hybridized carbons (Fsp3) is 0.438. The minimum Gasteiger partial charge on any atom is -0.352 e. The predicted octanol–water partition coefficient (Wildman–Crippen LogP) is 2.33. The Hall–Kier alpha value is -1.69. The third-order valence-corrected chi connectivity index (χ3v) is 4.12. The van der Waals surface area contributed by atoms with Crippen molar-refractivity contribution < 1.29 is 17.6 Å². The fourth-order valence-electron chi connectivity index (χ4n) is 1.96. The Morgan fingerprint density at radius 2 is 2.00 bits per heavy atom. The van der Waals surface area contributed by atoms with E-state index >= 15 is 0 Å². The van der Waals surface area contributed by atoms with Crippen LogP contribution in [0.1, 0.15) is 25.0 Å². The third kappa shape index (κ3) is 5.97. The number of hydrogen-bond donors (Lipinski definition) is 1. The van der Waals surface area contributed by atoms with Crippen LogP contribution in [0.15, 0.2) is 24.3 Å². The van der Waals surface area contributed by atoms with Crippen LogP contribution in [-0.4, -0.2) is 32.9 Å². The number of rotatable bonds is 6. The molecule has 0 fully saturated rings. The largest absolute Gasteiger partial charge is 0.352 e. The molecule has 1 amide bonds. The van der Waals surface area contributed by atoms with Gasteiger partial charge in [-0.2, -0.15) is 0 Å². The molecule has 1 aromatic rings. The first-order valence-corrected chi connectivity index (χ1v) is 9.10. The van der Waals surface area contributed by atoms with Crippen molar-refractivity contribution in [3.8, 4) is 0 Å². The van der Waals surface area contributed by atoms with Gasteiger partial charge >= 0.3 is 0 Å². The molecule has 0 atom stereocenters. The van der Waals surface area contributed by atoms with Crippen molar-refractivity contribution >= 4 is 21.3 Å². The van der Waals surface area contributed by atoms with E-state index in [-0.39, 0.29) is 29.9 Å². The lowest BCUT2D eigenvalue weighted by molar-refractivity contribution is -0.116. The molecule has 0 unspecified atom stereocenters. The molecule has 6 heteroatoms. The lowest BCUT2D eigenvalue weighted by Crippen LogP contribution is -2.27. The molecule has 0 bridgehead atoms. The van der Waals surface area contributed by atoms with Crippen molar-refractivity contribution in [3.05, 3.63) is 41.2 Å². The highest BCUT2D eigenvalue weighted by Crippen LogP contribution is 2.24. The van der Waals surface area contributed by atoms with Gasteiger partial charge in [0.25, 0.3) is 0 Å². The van der Waals surface area contributed by atoms with Gasteiger partial charge in [0.1, 0.15) is 15.7 Å². The van der Waals surface area contributed by atoms with Crippen molar-refractivity contribution in [2.45, 2.75) is 20.8 Å². The van der Waals surface area contributed by atoms with Crippen LogP contribution in [0.2, 0.25) is 0 Å². The Morgan fingerprint density at radius 3 is 2.50 bits per heavy atom. The Balaban J connectivity index is 2.90. The Labute approximate surface area is 131 Å². The molecule has 0 saturated carbocycles. The van der Waals surface area contributed by atoms with Crippen LogP contribution < -0.4 is 5.32 Å². The van der Waals surface area contributed by atoms with Crippen LogP contribution in [0.5, 0.6) is 0 Å². The molecule has 1 aromatic carbocycles. The zero-order chi connectivity index (χ0) is 16.9. The minimum atomic E-state index is -3.10. The molecule has 0 radical (unpaired) electrons. The molecule has 22 heavy (non-hydrogen) atoms. The van der Waals surface area contributed by atoms with Gasteiger partial charge in [-0.1, -0.05) is 19.9 Å². The minimum absolute atomic E-state index is 0.0714. The zero-order valence-electron chi connectivity index (χ0n) is 13.3. The molecule has 122 valence electrons. The van der Waals surface area contributed by atoms with Crippen LogP contribution in [0.3, 0.4) is 0 Å². The summed E-state index contributed by atoms with van der Waals surface area (Å²) in [6.07, 6.45) is 2.56. The number of allylic oxidation sites excluding steroid dienone is 1. The average Bonchev–Trinajstić information content (AvgIpc) is 2.37. The van der Waals surface area contributed by atoms with E-state index in [4.69, 9.17) is 0 Å². The highest BCUT2D eigenvalue weighted by Gasteiger charge is 2.11. The maximum absolute atomic E-state index is 13.3. The molecule has 1 N–H and O–H groups in total. The van der Waals surface area contributed by atoms with Gasteiger partial charge in [-0.3, -0.25) is 4.79 Å². The van der Waals surface area contributed by atoms with Gasteiger partial charge in [0, 0.05) is 18.9 Å². The smallest absolute Gasteiger partial charge is 0.244 e. The molecule has 0 aliphatic heterocycles. The molecule has 4 nitrogen and oxygen atoms in total. The molecule has 0 aliphatic carbocycles. The quantitative estimate of drug-likeness (QED) is 0.816. The van der Waals surface area contributed by atoms with E-state index < -0.39 is 9.84 Å². The van der Waals surface area contributed by atoms with Crippen LogP contribution in [0.4, 0.5) is 4.39 Å². The summed E-state index contributed by atoms with van der Waals surface area (Å²) >= 11 is 0. The number of sulfone groups is 1. The highest BCUT2D eigenvalue weighted by atomic mass is 32.2. The van der Waals surface area contributed by atoms with E-state index in [2.05, 4.69) is 5.32 Å². The molecule has 0 aromatic heterocycles. The Kier molecular flexibility index (Phi) is 6.29. The summed E-state index contributed by atoms with van der Waals surface area (Å²) in [6, 6.07) is 4.71. The predicted molar refractivity (Wildman–Crippen MR) is 86.7 cm³/mol. The highest BCUT2D eigenvalue weighted by molar-refractivity contribution is 7.90. The molecular weight excluding hydrogens is 305 g/mol. The van der Waals surface area contributed by atoms with Crippen LogP contribution in [0, 0.1) is 18.7 Å². The second kappa shape index (κ2) is 7.54. The van der Waals surface area contributed by atoms with Crippen molar-refractivity contribution in [2.24, 2.45) is 5.92 Å². The fourth-order valence-corrected chi connectivity index (χ4v) is 2.43. The summed E-state index contributed by atoms with van der Waals surface area (Å²) < 4.78 is 35.4. The van der Waals surface area contributed by atoms with E-state index in [0.717, 1.165) is 17.4 Å². The number of carbonyl (C=O) groups is 1. The molecular formula is C16H22FNO3S. The standard InChI is InChI=1S/C16H22FNO3S/c1-11(2)14(13-5-6-15(17)12(3)9-13)10-16(19)18-7-8-22(4,20)21/h5-6,9-11H,7-8H2,1-4H3,(H,18,19)/b14-10+. The van der Waals surface area contributed by atoms with Gasteiger partial charge in [-0.25, -0.2) is 12.8 Å².